The number of methoxy groups -OCH3 is 1. The molecule has 20 heavy (non-hydrogen) atoms. The molecule has 1 aromatic carbocycles. The highest BCUT2D eigenvalue weighted by molar-refractivity contribution is 5.85. The Morgan fingerprint density at radius 3 is 2.60 bits per heavy atom. The summed E-state index contributed by atoms with van der Waals surface area (Å²) in [6, 6.07) is 12.6. The third-order valence-electron chi connectivity index (χ3n) is 2.61. The summed E-state index contributed by atoms with van der Waals surface area (Å²) in [6.07, 6.45) is 0.781. The minimum Gasteiger partial charge on any atom is -0.481 e. The van der Waals surface area contributed by atoms with Crippen LogP contribution in [0.1, 0.15) is 5.56 Å². The van der Waals surface area contributed by atoms with Crippen molar-refractivity contribution in [3.8, 4) is 5.88 Å². The van der Waals surface area contributed by atoms with Gasteiger partial charge in [-0.3, -0.25) is 0 Å². The summed E-state index contributed by atoms with van der Waals surface area (Å²) in [5.74, 6) is 6.12. The van der Waals surface area contributed by atoms with E-state index >= 15 is 0 Å². The van der Waals surface area contributed by atoms with Crippen LogP contribution < -0.4 is 15.6 Å². The van der Waals surface area contributed by atoms with Crippen molar-refractivity contribution in [3.63, 3.8) is 0 Å². The Morgan fingerprint density at radius 1 is 1.25 bits per heavy atom. The Kier molecular flexibility index (Phi) is 4.52. The molecule has 6 nitrogen and oxygen atoms in total. The normalized spacial score (nSPS) is 9.90. The monoisotopic (exact) mass is 273 g/mol. The number of pyridine rings is 1. The third kappa shape index (κ3) is 3.46. The molecule has 6 heteroatoms. The zero-order valence-corrected chi connectivity index (χ0v) is 11.0. The molecule has 0 unspecified atom stereocenters. The molecule has 1 heterocycles. The second-order valence-corrected chi connectivity index (χ2v) is 3.97. The summed E-state index contributed by atoms with van der Waals surface area (Å²) in [4.78, 5) is 15.8. The molecule has 1 amide bonds. The number of hydrogen-bond donors (Lipinski definition) is 1. The highest BCUT2D eigenvalue weighted by atomic mass is 16.6. The highest BCUT2D eigenvalue weighted by Crippen LogP contribution is 2.14. The molecular weight excluding hydrogens is 258 g/mol. The summed E-state index contributed by atoms with van der Waals surface area (Å²) in [5, 5.41) is 0.898. The largest absolute Gasteiger partial charge is 0.481 e. The van der Waals surface area contributed by atoms with Crippen molar-refractivity contribution in [1.82, 2.24) is 4.98 Å². The number of carbonyl (C=O) groups excluding carboxylic acids is 1. The van der Waals surface area contributed by atoms with E-state index in [-0.39, 0.29) is 6.61 Å². The first-order valence-electron chi connectivity index (χ1n) is 5.96. The van der Waals surface area contributed by atoms with Crippen LogP contribution in [0.15, 0.2) is 48.7 Å². The van der Waals surface area contributed by atoms with Crippen LogP contribution in [0, 0.1) is 0 Å². The first-order valence-corrected chi connectivity index (χ1v) is 5.96. The zero-order valence-electron chi connectivity index (χ0n) is 11.0. The maximum Gasteiger partial charge on any atom is 0.429 e. The predicted octanol–water partition coefficient (Wildman–Crippen LogP) is 2.11. The molecule has 0 saturated carbocycles. The van der Waals surface area contributed by atoms with Crippen LogP contribution >= 0.6 is 0 Å². The quantitative estimate of drug-likeness (QED) is 0.524. The molecule has 104 valence electrons. The van der Waals surface area contributed by atoms with Crippen LogP contribution in [-0.2, 0) is 11.3 Å². The number of hydrogen-bond acceptors (Lipinski definition) is 5. The number of ether oxygens (including phenoxy) is 2. The smallest absolute Gasteiger partial charge is 0.429 e. The molecule has 0 saturated heterocycles. The molecule has 0 aliphatic carbocycles. The van der Waals surface area contributed by atoms with Gasteiger partial charge in [0.15, 0.2) is 0 Å². The maximum atomic E-state index is 11.8. The van der Waals surface area contributed by atoms with Crippen molar-refractivity contribution in [2.45, 2.75) is 6.61 Å². The average Bonchev–Trinajstić information content (AvgIpc) is 2.53. The van der Waals surface area contributed by atoms with Crippen LogP contribution in [0.3, 0.4) is 0 Å². The fraction of sp³-hybridized carbons (Fsp3) is 0.143. The first kappa shape index (κ1) is 13.8. The highest BCUT2D eigenvalue weighted by Gasteiger charge is 2.13. The molecule has 2 rings (SSSR count). The number of carbonyl (C=O) groups is 1. The number of amides is 1. The van der Waals surface area contributed by atoms with Gasteiger partial charge in [0.1, 0.15) is 6.61 Å². The molecular formula is C14H15N3O3. The van der Waals surface area contributed by atoms with Crippen molar-refractivity contribution in [2.24, 2.45) is 5.84 Å². The van der Waals surface area contributed by atoms with E-state index in [9.17, 15) is 4.79 Å². The van der Waals surface area contributed by atoms with Gasteiger partial charge in [-0.2, -0.15) is 0 Å². The Balaban J connectivity index is 1.94. The van der Waals surface area contributed by atoms with E-state index in [4.69, 9.17) is 15.3 Å². The number of anilines is 1. The number of nitrogens with two attached hydrogens (primary N) is 1. The minimum absolute atomic E-state index is 0.164. The second-order valence-electron chi connectivity index (χ2n) is 3.97. The van der Waals surface area contributed by atoms with Gasteiger partial charge in [-0.1, -0.05) is 30.3 Å². The van der Waals surface area contributed by atoms with Gasteiger partial charge >= 0.3 is 6.09 Å². The summed E-state index contributed by atoms with van der Waals surface area (Å²) < 4.78 is 10.0. The van der Waals surface area contributed by atoms with Gasteiger partial charge in [0.05, 0.1) is 19.0 Å². The number of aromatic nitrogens is 1. The second kappa shape index (κ2) is 6.53. The number of nitrogens with zero attached hydrogens (tertiary/aromatic N) is 2. The van der Waals surface area contributed by atoms with E-state index in [1.54, 1.807) is 12.1 Å². The average molecular weight is 273 g/mol. The lowest BCUT2D eigenvalue weighted by atomic mass is 10.2. The van der Waals surface area contributed by atoms with Gasteiger partial charge in [-0.05, 0) is 11.6 Å². The molecule has 0 fully saturated rings. The molecule has 2 N–H and O–H groups in total. The number of rotatable bonds is 4. The van der Waals surface area contributed by atoms with Crippen LogP contribution in [0.5, 0.6) is 5.88 Å². The summed E-state index contributed by atoms with van der Waals surface area (Å²) >= 11 is 0. The predicted molar refractivity (Wildman–Crippen MR) is 74.1 cm³/mol. The van der Waals surface area contributed by atoms with Crippen molar-refractivity contribution in [1.29, 1.82) is 0 Å². The zero-order chi connectivity index (χ0) is 14.4. The minimum atomic E-state index is -0.652. The Labute approximate surface area is 116 Å². The van der Waals surface area contributed by atoms with Crippen LogP contribution in [0.4, 0.5) is 10.5 Å². The molecule has 0 aliphatic rings. The Morgan fingerprint density at radius 2 is 2.00 bits per heavy atom. The van der Waals surface area contributed by atoms with Crippen molar-refractivity contribution >= 4 is 11.8 Å². The van der Waals surface area contributed by atoms with Gasteiger partial charge < -0.3 is 9.47 Å². The maximum absolute atomic E-state index is 11.8. The molecule has 0 spiro atoms. The van der Waals surface area contributed by atoms with Gasteiger partial charge in [0.25, 0.3) is 0 Å². The van der Waals surface area contributed by atoms with Gasteiger partial charge in [0.2, 0.25) is 5.88 Å². The lowest BCUT2D eigenvalue weighted by molar-refractivity contribution is 0.147. The van der Waals surface area contributed by atoms with Gasteiger partial charge in [-0.25, -0.2) is 20.6 Å². The van der Waals surface area contributed by atoms with Crippen molar-refractivity contribution in [3.05, 3.63) is 54.2 Å². The van der Waals surface area contributed by atoms with Gasteiger partial charge in [0, 0.05) is 6.07 Å². The SMILES string of the molecule is COc1ccc(N(N)C(=O)OCc2ccccc2)cn1. The van der Waals surface area contributed by atoms with Gasteiger partial charge in [-0.15, -0.1) is 0 Å². The molecule has 0 atom stereocenters. The van der Waals surface area contributed by atoms with Crippen molar-refractivity contribution < 1.29 is 14.3 Å². The number of hydrazine groups is 1. The fourth-order valence-electron chi connectivity index (χ4n) is 1.53. The van der Waals surface area contributed by atoms with E-state index in [1.807, 2.05) is 30.3 Å². The molecule has 0 bridgehead atoms. The lowest BCUT2D eigenvalue weighted by Crippen LogP contribution is -2.37. The molecule has 1 aromatic heterocycles. The van der Waals surface area contributed by atoms with E-state index < -0.39 is 6.09 Å². The van der Waals surface area contributed by atoms with E-state index in [0.29, 0.717) is 11.6 Å². The van der Waals surface area contributed by atoms with E-state index in [2.05, 4.69) is 4.98 Å². The molecule has 0 radical (unpaired) electrons. The van der Waals surface area contributed by atoms with Crippen LogP contribution in [-0.4, -0.2) is 18.2 Å². The topological polar surface area (TPSA) is 77.7 Å². The Hall–Kier alpha value is -2.60. The van der Waals surface area contributed by atoms with E-state index in [1.165, 1.54) is 13.3 Å². The standard InChI is InChI=1S/C14H15N3O3/c1-19-13-8-7-12(9-16-13)17(15)14(18)20-10-11-5-3-2-4-6-11/h2-9H,10,15H2,1H3. The molecule has 0 aliphatic heterocycles. The first-order chi connectivity index (χ1) is 9.70. The van der Waals surface area contributed by atoms with Crippen molar-refractivity contribution in [2.75, 3.05) is 12.1 Å². The van der Waals surface area contributed by atoms with Crippen LogP contribution in [0.2, 0.25) is 0 Å². The lowest BCUT2D eigenvalue weighted by Gasteiger charge is -2.16. The summed E-state index contributed by atoms with van der Waals surface area (Å²) in [5.41, 5.74) is 1.31. The van der Waals surface area contributed by atoms with Crippen LogP contribution in [0.25, 0.3) is 0 Å². The summed E-state index contributed by atoms with van der Waals surface area (Å²) in [6.45, 7) is 0.164. The Bertz CT molecular complexity index is 558. The molecule has 2 aromatic rings. The third-order valence-corrected chi connectivity index (χ3v) is 2.61. The van der Waals surface area contributed by atoms with E-state index in [0.717, 1.165) is 10.6 Å². The number of benzene rings is 1. The summed E-state index contributed by atoms with van der Waals surface area (Å²) in [7, 11) is 1.51. The fourth-order valence-corrected chi connectivity index (χ4v) is 1.53.